The Bertz CT molecular complexity index is 295. The number of carbonyl (C=O) groups is 1. The van der Waals surface area contributed by atoms with Crippen molar-refractivity contribution in [1.82, 2.24) is 0 Å². The van der Waals surface area contributed by atoms with Gasteiger partial charge in [0.1, 0.15) is 12.4 Å². The number of hydrogen-bond donors (Lipinski definition) is 1. The molecule has 4 nitrogen and oxygen atoms in total. The Morgan fingerprint density at radius 1 is 1.36 bits per heavy atom. The van der Waals surface area contributed by atoms with Crippen LogP contribution in [0.1, 0.15) is 5.56 Å². The minimum atomic E-state index is -1.08. The molecule has 76 valence electrons. The predicted octanol–water partition coefficient (Wildman–Crippen LogP) is -0.683. The fraction of sp³-hybridized carbons (Fsp3) is 0.300. The molecule has 4 heteroatoms. The van der Waals surface area contributed by atoms with Crippen LogP contribution in [0.2, 0.25) is 0 Å². The van der Waals surface area contributed by atoms with E-state index in [0.29, 0.717) is 24.5 Å². The molecule has 0 amide bonds. The number of rotatable bonds is 5. The average molecular weight is 194 g/mol. The topological polar surface area (TPSA) is 75.4 Å². The van der Waals surface area contributed by atoms with Gasteiger partial charge >= 0.3 is 0 Å². The van der Waals surface area contributed by atoms with E-state index in [1.54, 1.807) is 24.3 Å². The molecule has 0 aliphatic rings. The third kappa shape index (κ3) is 3.45. The number of hydrogen-bond acceptors (Lipinski definition) is 4. The first-order chi connectivity index (χ1) is 6.72. The first-order valence-corrected chi connectivity index (χ1v) is 4.34. The fourth-order valence-electron chi connectivity index (χ4n) is 1.05. The zero-order valence-corrected chi connectivity index (χ0v) is 7.73. The maximum absolute atomic E-state index is 10.3. The highest BCUT2D eigenvalue weighted by Gasteiger charge is 1.95. The Balaban J connectivity index is 2.54. The van der Waals surface area contributed by atoms with Gasteiger partial charge in [-0.15, -0.1) is 0 Å². The normalized spacial score (nSPS) is 9.79. The second-order valence-electron chi connectivity index (χ2n) is 2.83. The van der Waals surface area contributed by atoms with Gasteiger partial charge in [-0.2, -0.15) is 0 Å². The van der Waals surface area contributed by atoms with Gasteiger partial charge in [0.25, 0.3) is 0 Å². The van der Waals surface area contributed by atoms with E-state index >= 15 is 0 Å². The minimum absolute atomic E-state index is 0.0723. The molecule has 0 saturated carbocycles. The van der Waals surface area contributed by atoms with Crippen LogP contribution >= 0.6 is 0 Å². The Labute approximate surface area is 82.3 Å². The van der Waals surface area contributed by atoms with E-state index in [2.05, 4.69) is 0 Å². The highest BCUT2D eigenvalue weighted by atomic mass is 16.5. The molecule has 1 rings (SSSR count). The molecule has 0 unspecified atom stereocenters. The molecular weight excluding hydrogens is 182 g/mol. The van der Waals surface area contributed by atoms with Gasteiger partial charge in [0, 0.05) is 18.9 Å². The van der Waals surface area contributed by atoms with Gasteiger partial charge in [-0.3, -0.25) is 0 Å². The van der Waals surface area contributed by atoms with Crippen molar-refractivity contribution in [2.45, 2.75) is 6.42 Å². The number of carbonyl (C=O) groups excluding carboxylic acids is 1. The fourth-order valence-corrected chi connectivity index (χ4v) is 1.05. The van der Waals surface area contributed by atoms with E-state index in [9.17, 15) is 9.90 Å². The lowest BCUT2D eigenvalue weighted by Crippen LogP contribution is -2.24. The summed E-state index contributed by atoms with van der Waals surface area (Å²) in [7, 11) is 0. The summed E-state index contributed by atoms with van der Waals surface area (Å²) in [6.07, 6.45) is -0.0723. The molecule has 0 aliphatic heterocycles. The van der Waals surface area contributed by atoms with Crippen LogP contribution in [0.25, 0.3) is 0 Å². The zero-order valence-electron chi connectivity index (χ0n) is 7.73. The molecular formula is C10H12NO3-. The van der Waals surface area contributed by atoms with Gasteiger partial charge in [-0.05, 0) is 17.7 Å². The van der Waals surface area contributed by atoms with Crippen LogP contribution < -0.4 is 15.6 Å². The van der Waals surface area contributed by atoms with Crippen LogP contribution in [-0.2, 0) is 11.2 Å². The van der Waals surface area contributed by atoms with Crippen molar-refractivity contribution in [1.29, 1.82) is 0 Å². The number of aliphatic carboxylic acids is 1. The number of benzene rings is 1. The smallest absolute Gasteiger partial charge is 0.119 e. The number of carboxylic acid groups (broad SMARTS) is 1. The monoisotopic (exact) mass is 194 g/mol. The Hall–Kier alpha value is -1.55. The Morgan fingerprint density at radius 3 is 2.50 bits per heavy atom. The maximum Gasteiger partial charge on any atom is 0.119 e. The maximum atomic E-state index is 10.3. The van der Waals surface area contributed by atoms with E-state index in [4.69, 9.17) is 10.5 Å². The van der Waals surface area contributed by atoms with Crippen molar-refractivity contribution in [2.24, 2.45) is 5.73 Å². The molecule has 0 atom stereocenters. The SMILES string of the molecule is NCCOc1ccc(CC(=O)[O-])cc1. The van der Waals surface area contributed by atoms with Crippen LogP contribution in [0, 0.1) is 0 Å². The average Bonchev–Trinajstić information content (AvgIpc) is 2.16. The summed E-state index contributed by atoms with van der Waals surface area (Å²) in [6, 6.07) is 6.82. The molecule has 0 aromatic heterocycles. The second-order valence-corrected chi connectivity index (χ2v) is 2.83. The second kappa shape index (κ2) is 5.24. The van der Waals surface area contributed by atoms with Gasteiger partial charge in [-0.25, -0.2) is 0 Å². The van der Waals surface area contributed by atoms with Gasteiger partial charge < -0.3 is 20.4 Å². The Kier molecular flexibility index (Phi) is 3.94. The van der Waals surface area contributed by atoms with Crippen LogP contribution in [-0.4, -0.2) is 19.1 Å². The van der Waals surface area contributed by atoms with Crippen LogP contribution in [0.4, 0.5) is 0 Å². The Morgan fingerprint density at radius 2 is 2.00 bits per heavy atom. The third-order valence-corrected chi connectivity index (χ3v) is 1.66. The standard InChI is InChI=1S/C10H13NO3/c11-5-6-14-9-3-1-8(2-4-9)7-10(12)13/h1-4H,5-7,11H2,(H,12,13)/p-1. The van der Waals surface area contributed by atoms with Gasteiger partial charge in [0.05, 0.1) is 0 Å². The third-order valence-electron chi connectivity index (χ3n) is 1.66. The molecule has 1 aromatic carbocycles. The molecule has 2 N–H and O–H groups in total. The molecule has 0 heterocycles. The number of ether oxygens (including phenoxy) is 1. The molecule has 0 saturated heterocycles. The summed E-state index contributed by atoms with van der Waals surface area (Å²) in [4.78, 5) is 10.3. The quantitative estimate of drug-likeness (QED) is 0.673. The van der Waals surface area contributed by atoms with Crippen molar-refractivity contribution in [3.8, 4) is 5.75 Å². The van der Waals surface area contributed by atoms with Crippen molar-refractivity contribution in [3.05, 3.63) is 29.8 Å². The van der Waals surface area contributed by atoms with Crippen LogP contribution in [0.3, 0.4) is 0 Å². The molecule has 0 bridgehead atoms. The summed E-state index contributed by atoms with van der Waals surface area (Å²) in [5, 5.41) is 10.3. The highest BCUT2D eigenvalue weighted by molar-refractivity contribution is 5.67. The number of carboxylic acids is 1. The summed E-state index contributed by atoms with van der Waals surface area (Å²) in [6.45, 7) is 0.917. The lowest BCUT2D eigenvalue weighted by molar-refractivity contribution is -0.304. The molecule has 0 spiro atoms. The minimum Gasteiger partial charge on any atom is -0.550 e. The predicted molar refractivity (Wildman–Crippen MR) is 49.7 cm³/mol. The first-order valence-electron chi connectivity index (χ1n) is 4.34. The lowest BCUT2D eigenvalue weighted by atomic mass is 10.1. The first kappa shape index (κ1) is 10.5. The summed E-state index contributed by atoms with van der Waals surface area (Å²) in [5.74, 6) is -0.391. The summed E-state index contributed by atoms with van der Waals surface area (Å²) in [5.41, 5.74) is 5.96. The van der Waals surface area contributed by atoms with E-state index in [1.807, 2.05) is 0 Å². The zero-order chi connectivity index (χ0) is 10.4. The van der Waals surface area contributed by atoms with Gasteiger partial charge in [0.15, 0.2) is 0 Å². The lowest BCUT2D eigenvalue weighted by Gasteiger charge is -2.06. The van der Waals surface area contributed by atoms with Crippen molar-refractivity contribution < 1.29 is 14.6 Å². The van der Waals surface area contributed by atoms with Gasteiger partial charge in [0.2, 0.25) is 0 Å². The molecule has 0 radical (unpaired) electrons. The number of nitrogens with two attached hydrogens (primary N) is 1. The largest absolute Gasteiger partial charge is 0.550 e. The van der Waals surface area contributed by atoms with Crippen LogP contribution in [0.15, 0.2) is 24.3 Å². The van der Waals surface area contributed by atoms with E-state index in [1.165, 1.54) is 0 Å². The molecule has 1 aromatic rings. The van der Waals surface area contributed by atoms with E-state index in [0.717, 1.165) is 0 Å². The highest BCUT2D eigenvalue weighted by Crippen LogP contribution is 2.11. The molecule has 0 aliphatic carbocycles. The van der Waals surface area contributed by atoms with E-state index in [-0.39, 0.29) is 6.42 Å². The van der Waals surface area contributed by atoms with E-state index < -0.39 is 5.97 Å². The molecule has 14 heavy (non-hydrogen) atoms. The summed E-state index contributed by atoms with van der Waals surface area (Å²) >= 11 is 0. The van der Waals surface area contributed by atoms with Crippen molar-refractivity contribution in [2.75, 3.05) is 13.2 Å². The summed E-state index contributed by atoms with van der Waals surface area (Å²) < 4.78 is 5.23. The van der Waals surface area contributed by atoms with Crippen molar-refractivity contribution >= 4 is 5.97 Å². The van der Waals surface area contributed by atoms with Crippen LogP contribution in [0.5, 0.6) is 5.75 Å². The van der Waals surface area contributed by atoms with Gasteiger partial charge in [-0.1, -0.05) is 12.1 Å². The molecule has 0 fully saturated rings. The van der Waals surface area contributed by atoms with Crippen molar-refractivity contribution in [3.63, 3.8) is 0 Å².